The molecule has 1 fully saturated rings. The van der Waals surface area contributed by atoms with Crippen molar-refractivity contribution in [3.63, 3.8) is 0 Å². The number of halogens is 1. The number of amides is 1. The molecular formula is C22H23BrN2O2. The topological polar surface area (TPSA) is 45.3 Å². The molecule has 1 saturated heterocycles. The Balaban J connectivity index is 1.41. The van der Waals surface area contributed by atoms with Gasteiger partial charge in [0.25, 0.3) is 0 Å². The van der Waals surface area contributed by atoms with Crippen molar-refractivity contribution in [2.24, 2.45) is 0 Å². The van der Waals surface area contributed by atoms with Crippen molar-refractivity contribution in [1.29, 1.82) is 0 Å². The Labute approximate surface area is 167 Å². The average Bonchev–Trinajstić information content (AvgIpc) is 3.13. The lowest BCUT2D eigenvalue weighted by Gasteiger charge is -2.32. The van der Waals surface area contributed by atoms with Crippen molar-refractivity contribution in [3.8, 4) is 5.75 Å². The number of ether oxygens (including phenoxy) is 1. The molecule has 3 aromatic rings. The summed E-state index contributed by atoms with van der Waals surface area (Å²) in [7, 11) is 1.70. The molecule has 1 aliphatic heterocycles. The first-order valence-electron chi connectivity index (χ1n) is 9.31. The second-order valence-corrected chi connectivity index (χ2v) is 8.03. The van der Waals surface area contributed by atoms with Crippen LogP contribution >= 0.6 is 15.9 Å². The quantitative estimate of drug-likeness (QED) is 0.645. The summed E-state index contributed by atoms with van der Waals surface area (Å²) >= 11 is 3.43. The Hall–Kier alpha value is -2.27. The van der Waals surface area contributed by atoms with E-state index < -0.39 is 0 Å². The second-order valence-electron chi connectivity index (χ2n) is 7.11. The van der Waals surface area contributed by atoms with Crippen molar-refractivity contribution in [2.45, 2.75) is 25.2 Å². The number of methoxy groups -OCH3 is 1. The first-order chi connectivity index (χ1) is 13.1. The lowest BCUT2D eigenvalue weighted by Crippen LogP contribution is -2.38. The normalized spacial score (nSPS) is 15.3. The number of aromatic amines is 1. The van der Waals surface area contributed by atoms with Gasteiger partial charge in [-0.3, -0.25) is 4.79 Å². The molecule has 0 radical (unpaired) electrons. The molecule has 140 valence electrons. The SMILES string of the molecule is COc1ccc2[nH]cc(C3CCN(C(=O)Cc4ccc(Br)cc4)CC3)c2c1. The van der Waals surface area contributed by atoms with Gasteiger partial charge in [0, 0.05) is 34.7 Å². The predicted molar refractivity (Wildman–Crippen MR) is 111 cm³/mol. The van der Waals surface area contributed by atoms with Crippen molar-refractivity contribution >= 4 is 32.7 Å². The van der Waals surface area contributed by atoms with Gasteiger partial charge in [0.05, 0.1) is 13.5 Å². The summed E-state index contributed by atoms with van der Waals surface area (Å²) in [6, 6.07) is 14.1. The van der Waals surface area contributed by atoms with Crippen molar-refractivity contribution < 1.29 is 9.53 Å². The number of carbonyl (C=O) groups is 1. The summed E-state index contributed by atoms with van der Waals surface area (Å²) in [6.45, 7) is 1.63. The number of hydrogen-bond acceptors (Lipinski definition) is 2. The average molecular weight is 427 g/mol. The molecule has 0 unspecified atom stereocenters. The molecule has 1 aromatic heterocycles. The van der Waals surface area contributed by atoms with Crippen LogP contribution in [-0.4, -0.2) is 36.0 Å². The van der Waals surface area contributed by atoms with Crippen LogP contribution in [0.4, 0.5) is 0 Å². The number of likely N-dealkylation sites (tertiary alicyclic amines) is 1. The number of hydrogen-bond donors (Lipinski definition) is 1. The highest BCUT2D eigenvalue weighted by Gasteiger charge is 2.25. The Morgan fingerprint density at radius 2 is 1.93 bits per heavy atom. The minimum Gasteiger partial charge on any atom is -0.497 e. The highest BCUT2D eigenvalue weighted by molar-refractivity contribution is 9.10. The van der Waals surface area contributed by atoms with Crippen LogP contribution in [0.3, 0.4) is 0 Å². The Kier molecular flexibility index (Phi) is 5.21. The first-order valence-corrected chi connectivity index (χ1v) is 10.1. The number of nitrogens with zero attached hydrogens (tertiary/aromatic N) is 1. The summed E-state index contributed by atoms with van der Waals surface area (Å²) in [6.07, 6.45) is 4.59. The summed E-state index contributed by atoms with van der Waals surface area (Å²) < 4.78 is 6.41. The van der Waals surface area contributed by atoms with Crippen LogP contribution in [-0.2, 0) is 11.2 Å². The minimum absolute atomic E-state index is 0.219. The molecular weight excluding hydrogens is 404 g/mol. The Morgan fingerprint density at radius 1 is 1.19 bits per heavy atom. The summed E-state index contributed by atoms with van der Waals surface area (Å²) in [5.41, 5.74) is 3.54. The van der Waals surface area contributed by atoms with Gasteiger partial charge in [0.15, 0.2) is 0 Å². The number of piperidine rings is 1. The van der Waals surface area contributed by atoms with Crippen LogP contribution in [0.15, 0.2) is 53.1 Å². The van der Waals surface area contributed by atoms with Crippen LogP contribution in [0.5, 0.6) is 5.75 Å². The molecule has 2 aromatic carbocycles. The third kappa shape index (κ3) is 3.88. The molecule has 0 bridgehead atoms. The molecule has 27 heavy (non-hydrogen) atoms. The van der Waals surface area contributed by atoms with Crippen LogP contribution < -0.4 is 4.74 Å². The lowest BCUT2D eigenvalue weighted by atomic mass is 9.89. The first kappa shape index (κ1) is 18.1. The van der Waals surface area contributed by atoms with E-state index in [4.69, 9.17) is 4.74 Å². The van der Waals surface area contributed by atoms with E-state index >= 15 is 0 Å². The number of carbonyl (C=O) groups excluding carboxylic acids is 1. The van der Waals surface area contributed by atoms with Crippen LogP contribution in [0.1, 0.15) is 29.9 Å². The highest BCUT2D eigenvalue weighted by Crippen LogP contribution is 2.34. The van der Waals surface area contributed by atoms with Gasteiger partial charge >= 0.3 is 0 Å². The summed E-state index contributed by atoms with van der Waals surface area (Å²) in [4.78, 5) is 18.0. The molecule has 2 heterocycles. The van der Waals surface area contributed by atoms with Gasteiger partial charge in [-0.1, -0.05) is 28.1 Å². The largest absolute Gasteiger partial charge is 0.497 e. The Bertz CT molecular complexity index is 941. The lowest BCUT2D eigenvalue weighted by molar-refractivity contribution is -0.131. The van der Waals surface area contributed by atoms with E-state index in [1.165, 1.54) is 10.9 Å². The third-order valence-electron chi connectivity index (χ3n) is 5.48. The van der Waals surface area contributed by atoms with Crippen LogP contribution in [0, 0.1) is 0 Å². The Morgan fingerprint density at radius 3 is 2.63 bits per heavy atom. The van der Waals surface area contributed by atoms with Crippen LogP contribution in [0.2, 0.25) is 0 Å². The maximum Gasteiger partial charge on any atom is 0.226 e. The zero-order valence-corrected chi connectivity index (χ0v) is 17.0. The fourth-order valence-electron chi connectivity index (χ4n) is 3.91. The number of H-pyrrole nitrogens is 1. The molecule has 4 rings (SSSR count). The van der Waals surface area contributed by atoms with Gasteiger partial charge in [-0.15, -0.1) is 0 Å². The number of aromatic nitrogens is 1. The van der Waals surface area contributed by atoms with E-state index in [0.717, 1.165) is 47.2 Å². The van der Waals surface area contributed by atoms with Gasteiger partial charge in [0.1, 0.15) is 5.75 Å². The highest BCUT2D eigenvalue weighted by atomic mass is 79.9. The zero-order valence-electron chi connectivity index (χ0n) is 15.4. The van der Waals surface area contributed by atoms with Crippen molar-refractivity contribution in [3.05, 3.63) is 64.3 Å². The molecule has 0 aliphatic carbocycles. The van der Waals surface area contributed by atoms with Gasteiger partial charge in [0.2, 0.25) is 5.91 Å². The number of fused-ring (bicyclic) bond motifs is 1. The zero-order chi connectivity index (χ0) is 18.8. The van der Waals surface area contributed by atoms with Gasteiger partial charge in [-0.2, -0.15) is 0 Å². The fourth-order valence-corrected chi connectivity index (χ4v) is 4.18. The van der Waals surface area contributed by atoms with E-state index in [1.807, 2.05) is 35.2 Å². The molecule has 1 aliphatic rings. The monoisotopic (exact) mass is 426 g/mol. The van der Waals surface area contributed by atoms with Gasteiger partial charge in [-0.25, -0.2) is 0 Å². The van der Waals surface area contributed by atoms with E-state index in [0.29, 0.717) is 12.3 Å². The fraction of sp³-hybridized carbons (Fsp3) is 0.318. The molecule has 1 amide bonds. The predicted octanol–water partition coefficient (Wildman–Crippen LogP) is 4.89. The van der Waals surface area contributed by atoms with Crippen molar-refractivity contribution in [1.82, 2.24) is 9.88 Å². The summed E-state index contributed by atoms with van der Waals surface area (Å²) in [5, 5.41) is 1.23. The second kappa shape index (κ2) is 7.77. The molecule has 0 spiro atoms. The minimum atomic E-state index is 0.219. The molecule has 0 atom stereocenters. The number of rotatable bonds is 4. The number of benzene rings is 2. The van der Waals surface area contributed by atoms with Gasteiger partial charge in [-0.05, 0) is 60.2 Å². The molecule has 4 nitrogen and oxygen atoms in total. The maximum atomic E-state index is 12.6. The van der Waals surface area contributed by atoms with E-state index in [-0.39, 0.29) is 5.91 Å². The van der Waals surface area contributed by atoms with E-state index in [2.05, 4.69) is 39.2 Å². The maximum absolute atomic E-state index is 12.6. The van der Waals surface area contributed by atoms with E-state index in [1.54, 1.807) is 7.11 Å². The van der Waals surface area contributed by atoms with E-state index in [9.17, 15) is 4.79 Å². The standard InChI is InChI=1S/C22H23BrN2O2/c1-27-18-6-7-21-19(13-18)20(14-24-21)16-8-10-25(11-9-16)22(26)12-15-2-4-17(23)5-3-15/h2-7,13-14,16,24H,8-12H2,1H3. The van der Waals surface area contributed by atoms with Crippen LogP contribution in [0.25, 0.3) is 10.9 Å². The summed E-state index contributed by atoms with van der Waals surface area (Å²) in [5.74, 6) is 1.57. The van der Waals surface area contributed by atoms with Gasteiger partial charge < -0.3 is 14.6 Å². The molecule has 0 saturated carbocycles. The molecule has 1 N–H and O–H groups in total. The molecule has 5 heteroatoms. The number of nitrogens with one attached hydrogen (secondary N) is 1. The third-order valence-corrected chi connectivity index (χ3v) is 6.01. The smallest absolute Gasteiger partial charge is 0.226 e. The van der Waals surface area contributed by atoms with Crippen molar-refractivity contribution in [2.75, 3.05) is 20.2 Å².